The number of carbonyl (C=O) groups excluding carboxylic acids is 2. The molecule has 3 aliphatic rings. The van der Waals surface area contributed by atoms with Gasteiger partial charge in [-0.1, -0.05) is 49.7 Å². The summed E-state index contributed by atoms with van der Waals surface area (Å²) in [6, 6.07) is 19.9. The van der Waals surface area contributed by atoms with Crippen LogP contribution in [-0.4, -0.2) is 206 Å². The number of nitrogens with one attached hydrogen (secondary N) is 4. The number of piperidine rings is 1. The van der Waals surface area contributed by atoms with E-state index in [9.17, 15) is 22.4 Å². The molecule has 0 saturated carbocycles. The normalized spacial score (nSPS) is 17.3. The summed E-state index contributed by atoms with van der Waals surface area (Å²) in [5.74, 6) is 1.14. The number of halogens is 2. The third-order valence-corrected chi connectivity index (χ3v) is 19.1. The molecule has 0 bridgehead atoms. The third-order valence-electron chi connectivity index (χ3n) is 16.6. The lowest BCUT2D eigenvalue weighted by atomic mass is 9.86. The summed E-state index contributed by atoms with van der Waals surface area (Å²) in [5, 5.41) is 12.5. The van der Waals surface area contributed by atoms with Gasteiger partial charge in [0.2, 0.25) is 17.8 Å². The Morgan fingerprint density at radius 1 is 0.879 bits per heavy atom. The van der Waals surface area contributed by atoms with Crippen molar-refractivity contribution in [3.8, 4) is 5.75 Å². The number of likely N-dealkylation sites (N-methyl/N-ethyl adjacent to an activating group) is 1. The maximum absolute atomic E-state index is 14.2. The summed E-state index contributed by atoms with van der Waals surface area (Å²) >= 11 is 6.53. The van der Waals surface area contributed by atoms with Gasteiger partial charge >= 0.3 is 0 Å². The zero-order chi connectivity index (χ0) is 65.2. The SMILES string of the molecule is COC[C@H]1CN[C@H](C)CN1CC(=O)N1CC(C)(C)c2nc(CN(C)CCOCCOCCOCCOCCNC(=O)CN3CCC(c4cc(OC(C)C)c(Nc5ncc(Cl)c(Nc6ccccc6S(=O)(=O)C(C)C)n5)cc4C)CC3)c(Cc3ccc(F)cc3)cc21. The van der Waals surface area contributed by atoms with Crippen LogP contribution in [0.5, 0.6) is 5.75 Å². The second-order valence-electron chi connectivity index (χ2n) is 25.2. The number of methoxy groups -OCH3 is 1. The predicted octanol–water partition coefficient (Wildman–Crippen LogP) is 8.45. The molecule has 2 aromatic heterocycles. The minimum absolute atomic E-state index is 0.0416. The molecular formula is C67H95ClFN11O10S. The van der Waals surface area contributed by atoms with E-state index in [-0.39, 0.29) is 68.8 Å². The van der Waals surface area contributed by atoms with Crippen LogP contribution >= 0.6 is 11.6 Å². The summed E-state index contributed by atoms with van der Waals surface area (Å²) < 4.78 is 75.2. The lowest BCUT2D eigenvalue weighted by Crippen LogP contribution is -2.59. The second kappa shape index (κ2) is 33.7. The number of pyridine rings is 1. The minimum atomic E-state index is -3.59. The summed E-state index contributed by atoms with van der Waals surface area (Å²) in [6.07, 6.45) is 3.66. The summed E-state index contributed by atoms with van der Waals surface area (Å²) in [6.45, 7) is 25.5. The lowest BCUT2D eigenvalue weighted by molar-refractivity contribution is -0.123. The molecule has 3 aromatic carbocycles. The van der Waals surface area contributed by atoms with Gasteiger partial charge < -0.3 is 54.6 Å². The fourth-order valence-electron chi connectivity index (χ4n) is 11.7. The molecule has 5 heterocycles. The first kappa shape index (κ1) is 70.9. The van der Waals surface area contributed by atoms with Crippen LogP contribution in [0.25, 0.3) is 0 Å². The molecule has 0 aliphatic carbocycles. The third kappa shape index (κ3) is 20.3. The van der Waals surface area contributed by atoms with Gasteiger partial charge in [-0.25, -0.2) is 17.8 Å². The van der Waals surface area contributed by atoms with E-state index in [1.165, 1.54) is 23.9 Å². The summed E-state index contributed by atoms with van der Waals surface area (Å²) in [7, 11) is 0.145. The quantitative estimate of drug-likeness (QED) is 0.0284. The number of carbonyl (C=O) groups is 2. The van der Waals surface area contributed by atoms with Crippen molar-refractivity contribution in [3.05, 3.63) is 117 Å². The monoisotopic (exact) mass is 1300 g/mol. The first-order valence-corrected chi connectivity index (χ1v) is 33.7. The molecule has 91 heavy (non-hydrogen) atoms. The smallest absolute Gasteiger partial charge is 0.241 e. The van der Waals surface area contributed by atoms with Gasteiger partial charge in [0.15, 0.2) is 15.7 Å². The highest BCUT2D eigenvalue weighted by Crippen LogP contribution is 2.42. The molecule has 24 heteroatoms. The van der Waals surface area contributed by atoms with E-state index in [0.717, 1.165) is 72.8 Å². The molecule has 0 radical (unpaired) electrons. The summed E-state index contributed by atoms with van der Waals surface area (Å²) in [4.78, 5) is 50.1. The van der Waals surface area contributed by atoms with Gasteiger partial charge in [-0.15, -0.1) is 0 Å². The van der Waals surface area contributed by atoms with Gasteiger partial charge in [0.1, 0.15) is 16.6 Å². The fraction of sp³-hybridized carbons (Fsp3) is 0.567. The molecular weight excluding hydrogens is 1210 g/mol. The number of nitrogens with zero attached hydrogens (tertiary/aromatic N) is 7. The number of sulfone groups is 1. The van der Waals surface area contributed by atoms with Crippen molar-refractivity contribution < 1.29 is 50.8 Å². The number of piperazine rings is 1. The van der Waals surface area contributed by atoms with Crippen LogP contribution < -0.4 is 30.9 Å². The molecule has 4 N–H and O–H groups in total. The first-order valence-electron chi connectivity index (χ1n) is 31.8. The van der Waals surface area contributed by atoms with Crippen LogP contribution in [0.3, 0.4) is 0 Å². The molecule has 0 spiro atoms. The molecule has 3 aliphatic heterocycles. The highest BCUT2D eigenvalue weighted by atomic mass is 35.5. The van der Waals surface area contributed by atoms with Gasteiger partial charge in [0, 0.05) is 63.9 Å². The van der Waals surface area contributed by atoms with Crippen molar-refractivity contribution in [2.45, 2.75) is 121 Å². The van der Waals surface area contributed by atoms with Crippen molar-refractivity contribution in [2.24, 2.45) is 0 Å². The Labute approximate surface area is 542 Å². The van der Waals surface area contributed by atoms with E-state index in [0.29, 0.717) is 122 Å². The first-order chi connectivity index (χ1) is 43.6. The number of aromatic nitrogens is 3. The Hall–Kier alpha value is -5.96. The van der Waals surface area contributed by atoms with Gasteiger partial charge in [-0.05, 0) is 152 Å². The second-order valence-corrected chi connectivity index (χ2v) is 28.0. The average Bonchev–Trinajstić information content (AvgIpc) is 1.64. The Bertz CT molecular complexity index is 3300. The van der Waals surface area contributed by atoms with Gasteiger partial charge in [0.25, 0.3) is 0 Å². The van der Waals surface area contributed by atoms with E-state index in [2.05, 4.69) is 85.8 Å². The number of ether oxygens (including phenoxy) is 6. The number of hydrogen-bond donors (Lipinski definition) is 4. The molecule has 8 rings (SSSR count). The molecule has 5 aromatic rings. The number of para-hydroxylation sites is 1. The van der Waals surface area contributed by atoms with Crippen LogP contribution in [-0.2, 0) is 61.5 Å². The molecule has 2 saturated heterocycles. The van der Waals surface area contributed by atoms with Crippen molar-refractivity contribution in [1.82, 2.24) is 40.3 Å². The van der Waals surface area contributed by atoms with Gasteiger partial charge in [-0.3, -0.25) is 29.3 Å². The van der Waals surface area contributed by atoms with E-state index < -0.39 is 15.1 Å². The zero-order valence-electron chi connectivity index (χ0n) is 54.7. The Kier molecular flexibility index (Phi) is 26.3. The van der Waals surface area contributed by atoms with Crippen LogP contribution in [0.4, 0.5) is 33.2 Å². The van der Waals surface area contributed by atoms with E-state index in [4.69, 9.17) is 45.0 Å². The van der Waals surface area contributed by atoms with Crippen molar-refractivity contribution in [3.63, 3.8) is 0 Å². The standard InChI is InChI=1S/C67H95ClFN11O10S/c1-45(2)90-60-36-54(47(5)33-57(60)75-66-72-38-55(68)65(76-66)74-56-13-11-12-14-61(56)91(83,84)46(3)4)50-19-22-78(23-20-50)41-62(81)70-21-25-86-27-29-88-31-32-89-30-28-87-26-24-77(9)40-58-51(34-49-15-17-52(69)18-16-49)35-59-64(73-58)67(7,8)44-80(59)63(82)42-79-39-48(6)71-37-53(79)43-85-10/h11-18,33,35-36,38,45-46,48,50,53,71H,19-32,34,37,39-44H2,1-10H3,(H,70,81)(H2,72,74,75,76)/t48-,53-/m1/s1. The molecule has 498 valence electrons. The minimum Gasteiger partial charge on any atom is -0.489 e. The highest BCUT2D eigenvalue weighted by Gasteiger charge is 2.42. The lowest BCUT2D eigenvalue weighted by Gasteiger charge is -2.39. The molecule has 21 nitrogen and oxygen atoms in total. The number of likely N-dealkylation sites (tertiary alicyclic amines) is 1. The number of hydrogen-bond acceptors (Lipinski definition) is 19. The number of aryl methyl sites for hydroxylation is 1. The average molecular weight is 1300 g/mol. The summed E-state index contributed by atoms with van der Waals surface area (Å²) in [5.41, 5.74) is 7.58. The highest BCUT2D eigenvalue weighted by molar-refractivity contribution is 7.92. The largest absolute Gasteiger partial charge is 0.489 e. The number of rotatable bonds is 34. The van der Waals surface area contributed by atoms with Crippen LogP contribution in [0.2, 0.25) is 5.02 Å². The van der Waals surface area contributed by atoms with Crippen LogP contribution in [0, 0.1) is 12.7 Å². The Balaban J connectivity index is 0.688. The number of fused-ring (bicyclic) bond motifs is 1. The van der Waals surface area contributed by atoms with Gasteiger partial charge in [0.05, 0.1) is 123 Å². The topological polar surface area (TPSA) is 223 Å². The van der Waals surface area contributed by atoms with Crippen molar-refractivity contribution in [1.29, 1.82) is 0 Å². The van der Waals surface area contributed by atoms with Crippen molar-refractivity contribution >= 4 is 62.1 Å². The van der Waals surface area contributed by atoms with E-state index >= 15 is 0 Å². The maximum Gasteiger partial charge on any atom is 0.241 e. The molecule has 2 fully saturated rings. The van der Waals surface area contributed by atoms with E-state index in [1.807, 2.05) is 31.9 Å². The fourth-order valence-corrected chi connectivity index (χ4v) is 13.0. The number of anilines is 5. The van der Waals surface area contributed by atoms with Crippen LogP contribution in [0.1, 0.15) is 101 Å². The molecule has 0 unspecified atom stereocenters. The number of benzene rings is 3. The maximum atomic E-state index is 14.2. The Morgan fingerprint density at radius 3 is 2.24 bits per heavy atom. The number of amides is 2. The zero-order valence-corrected chi connectivity index (χ0v) is 56.3. The molecule has 2 amide bonds. The predicted molar refractivity (Wildman–Crippen MR) is 354 cm³/mol. The Morgan fingerprint density at radius 2 is 1.56 bits per heavy atom. The van der Waals surface area contributed by atoms with Crippen LogP contribution in [0.15, 0.2) is 77.8 Å². The van der Waals surface area contributed by atoms with Gasteiger partial charge in [-0.2, -0.15) is 4.98 Å². The molecule has 2 atom stereocenters. The van der Waals surface area contributed by atoms with E-state index in [1.54, 1.807) is 57.4 Å². The van der Waals surface area contributed by atoms with Crippen molar-refractivity contribution in [2.75, 3.05) is 148 Å².